The topological polar surface area (TPSA) is 93.7 Å². The minimum Gasteiger partial charge on any atom is -0.490 e. The first-order valence-electron chi connectivity index (χ1n) is 9.08. The fourth-order valence-corrected chi connectivity index (χ4v) is 4.14. The lowest BCUT2D eigenvalue weighted by atomic mass is 10.3. The largest absolute Gasteiger partial charge is 0.490 e. The maximum absolute atomic E-state index is 12.6. The smallest absolute Gasteiger partial charge is 0.241 e. The molecule has 2 aliphatic heterocycles. The van der Waals surface area contributed by atoms with E-state index >= 15 is 0 Å². The Morgan fingerprint density at radius 1 is 1.04 bits per heavy atom. The highest BCUT2D eigenvalue weighted by molar-refractivity contribution is 7.89. The van der Waals surface area contributed by atoms with Gasteiger partial charge in [0.25, 0.3) is 0 Å². The van der Waals surface area contributed by atoms with Crippen LogP contribution < -0.4 is 19.1 Å². The van der Waals surface area contributed by atoms with Crippen molar-refractivity contribution in [1.29, 1.82) is 0 Å². The summed E-state index contributed by atoms with van der Waals surface area (Å²) >= 11 is 0. The Hall–Kier alpha value is -2.39. The minimum atomic E-state index is -3.71. The zero-order valence-electron chi connectivity index (χ0n) is 14.9. The summed E-state index contributed by atoms with van der Waals surface area (Å²) < 4.78 is 39.0. The molecular weight excluding hydrogens is 368 g/mol. The number of aromatic nitrogens is 2. The van der Waals surface area contributed by atoms with Crippen LogP contribution in [-0.4, -0.2) is 44.7 Å². The number of nitrogens with one attached hydrogen (secondary N) is 1. The van der Waals surface area contributed by atoms with E-state index < -0.39 is 10.0 Å². The Morgan fingerprint density at radius 2 is 1.81 bits per heavy atom. The predicted octanol–water partition coefficient (Wildman–Crippen LogP) is 1.72. The van der Waals surface area contributed by atoms with Gasteiger partial charge >= 0.3 is 0 Å². The first-order chi connectivity index (χ1) is 13.1. The van der Waals surface area contributed by atoms with Gasteiger partial charge in [0.2, 0.25) is 10.0 Å². The molecule has 2 aliphatic rings. The Balaban J connectivity index is 1.47. The summed E-state index contributed by atoms with van der Waals surface area (Å²) in [6, 6.07) is 6.48. The number of nitrogens with zero attached hydrogens (tertiary/aromatic N) is 3. The van der Waals surface area contributed by atoms with E-state index in [9.17, 15) is 8.42 Å². The van der Waals surface area contributed by atoms with E-state index in [1.54, 1.807) is 12.3 Å². The van der Waals surface area contributed by atoms with Crippen LogP contribution in [0.2, 0.25) is 0 Å². The highest BCUT2D eigenvalue weighted by Crippen LogP contribution is 2.31. The van der Waals surface area contributed by atoms with Crippen LogP contribution in [0.3, 0.4) is 0 Å². The number of anilines is 1. The van der Waals surface area contributed by atoms with Gasteiger partial charge in [0.1, 0.15) is 11.6 Å². The molecule has 0 amide bonds. The normalized spacial score (nSPS) is 17.0. The third kappa shape index (κ3) is 4.14. The van der Waals surface area contributed by atoms with Gasteiger partial charge in [-0.2, -0.15) is 0 Å². The van der Waals surface area contributed by atoms with Crippen LogP contribution in [0.1, 0.15) is 25.1 Å². The van der Waals surface area contributed by atoms with Crippen LogP contribution in [0.25, 0.3) is 0 Å². The average molecular weight is 390 g/mol. The summed E-state index contributed by atoms with van der Waals surface area (Å²) in [5, 5.41) is 0. The molecular formula is C18H22N4O4S. The second kappa shape index (κ2) is 7.69. The van der Waals surface area contributed by atoms with Gasteiger partial charge in [-0.25, -0.2) is 23.1 Å². The number of rotatable bonds is 5. The van der Waals surface area contributed by atoms with Crippen molar-refractivity contribution in [2.75, 3.05) is 31.2 Å². The fourth-order valence-electron chi connectivity index (χ4n) is 3.15. The van der Waals surface area contributed by atoms with Crippen LogP contribution in [0, 0.1) is 0 Å². The van der Waals surface area contributed by atoms with E-state index in [1.807, 2.05) is 6.07 Å². The highest BCUT2D eigenvalue weighted by Gasteiger charge is 2.20. The van der Waals surface area contributed by atoms with Gasteiger partial charge in [0.05, 0.1) is 24.7 Å². The molecule has 27 heavy (non-hydrogen) atoms. The number of sulfonamides is 1. The molecule has 4 rings (SSSR count). The summed E-state index contributed by atoms with van der Waals surface area (Å²) in [5.41, 5.74) is 0. The summed E-state index contributed by atoms with van der Waals surface area (Å²) in [6.45, 7) is 3.03. The standard InChI is InChI=1S/C18H22N4O4S/c23-27(24,14-4-5-15-16(12-14)26-11-3-10-25-15)20-13-17-19-7-6-18(21-17)22-8-1-2-9-22/h4-7,12,20H,1-3,8-11,13H2. The highest BCUT2D eigenvalue weighted by atomic mass is 32.2. The Labute approximate surface area is 158 Å². The van der Waals surface area contributed by atoms with Gasteiger partial charge in [-0.1, -0.05) is 0 Å². The summed E-state index contributed by atoms with van der Waals surface area (Å²) in [5.74, 6) is 2.29. The number of fused-ring (bicyclic) bond motifs is 1. The molecule has 1 aromatic carbocycles. The van der Waals surface area contributed by atoms with Crippen molar-refractivity contribution in [3.63, 3.8) is 0 Å². The van der Waals surface area contributed by atoms with Crippen molar-refractivity contribution >= 4 is 15.8 Å². The van der Waals surface area contributed by atoms with E-state index in [1.165, 1.54) is 12.1 Å². The van der Waals surface area contributed by atoms with Crippen LogP contribution in [0.15, 0.2) is 35.4 Å². The Kier molecular flexibility index (Phi) is 5.13. The van der Waals surface area contributed by atoms with E-state index in [0.717, 1.165) is 38.2 Å². The van der Waals surface area contributed by atoms with Gasteiger partial charge in [-0.3, -0.25) is 0 Å². The van der Waals surface area contributed by atoms with Gasteiger partial charge in [0, 0.05) is 31.8 Å². The van der Waals surface area contributed by atoms with Gasteiger partial charge in [-0.05, 0) is 31.0 Å². The number of benzene rings is 1. The van der Waals surface area contributed by atoms with E-state index in [2.05, 4.69) is 19.6 Å². The lowest BCUT2D eigenvalue weighted by molar-refractivity contribution is 0.297. The SMILES string of the molecule is O=S(=O)(NCc1nccc(N2CCCC2)n1)c1ccc2c(c1)OCCCO2. The van der Waals surface area contributed by atoms with Crippen LogP contribution in [0.5, 0.6) is 11.5 Å². The molecule has 0 aliphatic carbocycles. The Bertz CT molecular complexity index is 913. The molecule has 1 N–H and O–H groups in total. The van der Waals surface area contributed by atoms with Crippen molar-refractivity contribution < 1.29 is 17.9 Å². The quantitative estimate of drug-likeness (QED) is 0.831. The lowest BCUT2D eigenvalue weighted by Gasteiger charge is -2.16. The van der Waals surface area contributed by atoms with Gasteiger partial charge in [0.15, 0.2) is 11.5 Å². The maximum Gasteiger partial charge on any atom is 0.241 e. The monoisotopic (exact) mass is 390 g/mol. The van der Waals surface area contributed by atoms with Crippen molar-refractivity contribution in [3.8, 4) is 11.5 Å². The third-order valence-electron chi connectivity index (χ3n) is 4.57. The molecule has 0 saturated carbocycles. The third-order valence-corrected chi connectivity index (χ3v) is 5.97. The van der Waals surface area contributed by atoms with Crippen molar-refractivity contribution in [2.45, 2.75) is 30.7 Å². The molecule has 0 unspecified atom stereocenters. The molecule has 1 saturated heterocycles. The first-order valence-corrected chi connectivity index (χ1v) is 10.6. The summed E-state index contributed by atoms with van der Waals surface area (Å²) in [6.07, 6.45) is 4.73. The van der Waals surface area contributed by atoms with Crippen molar-refractivity contribution in [3.05, 3.63) is 36.3 Å². The summed E-state index contributed by atoms with van der Waals surface area (Å²) in [7, 11) is -3.71. The van der Waals surface area contributed by atoms with E-state index in [4.69, 9.17) is 9.47 Å². The zero-order valence-corrected chi connectivity index (χ0v) is 15.7. The molecule has 2 aromatic rings. The molecule has 0 radical (unpaired) electrons. The first kappa shape index (κ1) is 18.0. The van der Waals surface area contributed by atoms with Crippen LogP contribution >= 0.6 is 0 Å². The molecule has 1 fully saturated rings. The lowest BCUT2D eigenvalue weighted by Crippen LogP contribution is -2.25. The predicted molar refractivity (Wildman–Crippen MR) is 99.6 cm³/mol. The molecule has 1 aromatic heterocycles. The molecule has 0 bridgehead atoms. The van der Waals surface area contributed by atoms with Gasteiger partial charge < -0.3 is 14.4 Å². The Morgan fingerprint density at radius 3 is 2.63 bits per heavy atom. The molecule has 3 heterocycles. The minimum absolute atomic E-state index is 0.0262. The second-order valence-electron chi connectivity index (χ2n) is 6.51. The zero-order chi connectivity index (χ0) is 18.7. The van der Waals surface area contributed by atoms with E-state index in [-0.39, 0.29) is 11.4 Å². The molecule has 144 valence electrons. The van der Waals surface area contributed by atoms with Crippen molar-refractivity contribution in [2.24, 2.45) is 0 Å². The van der Waals surface area contributed by atoms with Crippen LogP contribution in [0.4, 0.5) is 5.82 Å². The number of ether oxygens (including phenoxy) is 2. The molecule has 9 heteroatoms. The maximum atomic E-state index is 12.6. The molecule has 0 atom stereocenters. The molecule has 8 nitrogen and oxygen atoms in total. The number of hydrogen-bond acceptors (Lipinski definition) is 7. The van der Waals surface area contributed by atoms with Gasteiger partial charge in [-0.15, -0.1) is 0 Å². The van der Waals surface area contributed by atoms with Crippen LogP contribution in [-0.2, 0) is 16.6 Å². The molecule has 0 spiro atoms. The van der Waals surface area contributed by atoms with E-state index in [0.29, 0.717) is 30.5 Å². The average Bonchev–Trinajstić information content (AvgIpc) is 3.12. The second-order valence-corrected chi connectivity index (χ2v) is 8.28. The number of hydrogen-bond donors (Lipinski definition) is 1. The summed E-state index contributed by atoms with van der Waals surface area (Å²) in [4.78, 5) is 11.0. The van der Waals surface area contributed by atoms with Crippen molar-refractivity contribution in [1.82, 2.24) is 14.7 Å². The fraction of sp³-hybridized carbons (Fsp3) is 0.444.